The molecule has 0 saturated carbocycles. The topological polar surface area (TPSA) is 75.4 Å². The Kier molecular flexibility index (Phi) is 3.62. The molecule has 1 saturated heterocycles. The van der Waals surface area contributed by atoms with Crippen molar-refractivity contribution in [1.82, 2.24) is 14.9 Å². The Balaban J connectivity index is 1.90. The van der Waals surface area contributed by atoms with Gasteiger partial charge in [0.1, 0.15) is 11.9 Å². The van der Waals surface area contributed by atoms with Gasteiger partial charge in [-0.3, -0.25) is 5.10 Å². The maximum absolute atomic E-state index is 9.42. The van der Waals surface area contributed by atoms with Crippen molar-refractivity contribution in [2.24, 2.45) is 5.10 Å². The number of phenols is 1. The van der Waals surface area contributed by atoms with Gasteiger partial charge in [-0.15, -0.1) is 0 Å². The van der Waals surface area contributed by atoms with E-state index in [4.69, 9.17) is 17.0 Å². The van der Waals surface area contributed by atoms with Crippen molar-refractivity contribution < 1.29 is 9.84 Å². The lowest BCUT2D eigenvalue weighted by Gasteiger charge is -2.07. The van der Waals surface area contributed by atoms with Crippen molar-refractivity contribution in [2.45, 2.75) is 18.9 Å². The van der Waals surface area contributed by atoms with Crippen LogP contribution in [0, 0.1) is 4.77 Å². The van der Waals surface area contributed by atoms with Crippen molar-refractivity contribution in [3.05, 3.63) is 40.4 Å². The first kappa shape index (κ1) is 13.0. The molecule has 0 bridgehead atoms. The van der Waals surface area contributed by atoms with Gasteiger partial charge in [-0.25, -0.2) is 0 Å². The highest BCUT2D eigenvalue weighted by Crippen LogP contribution is 2.26. The molecule has 0 radical (unpaired) electrons. The Morgan fingerprint density at radius 1 is 1.55 bits per heavy atom. The second kappa shape index (κ2) is 5.56. The average molecular weight is 290 g/mol. The summed E-state index contributed by atoms with van der Waals surface area (Å²) in [6.45, 7) is 0.737. The van der Waals surface area contributed by atoms with Crippen LogP contribution in [0.15, 0.2) is 29.4 Å². The maximum atomic E-state index is 9.42. The van der Waals surface area contributed by atoms with Crippen molar-refractivity contribution in [1.29, 1.82) is 0 Å². The Morgan fingerprint density at radius 2 is 2.45 bits per heavy atom. The molecule has 6 nitrogen and oxygen atoms in total. The van der Waals surface area contributed by atoms with Crippen LogP contribution < -0.4 is 0 Å². The summed E-state index contributed by atoms with van der Waals surface area (Å²) >= 11 is 5.18. The molecule has 3 rings (SSSR count). The Hall–Kier alpha value is -1.99. The van der Waals surface area contributed by atoms with Crippen LogP contribution in [0.3, 0.4) is 0 Å². The molecule has 1 fully saturated rings. The normalized spacial score (nSPS) is 18.9. The van der Waals surface area contributed by atoms with Crippen LogP contribution in [0.1, 0.15) is 30.3 Å². The molecule has 0 amide bonds. The van der Waals surface area contributed by atoms with Gasteiger partial charge in [0.2, 0.25) is 4.77 Å². The second-order valence-corrected chi connectivity index (χ2v) is 4.93. The van der Waals surface area contributed by atoms with E-state index in [9.17, 15) is 5.11 Å². The number of hydrogen-bond donors (Lipinski definition) is 2. The molecule has 2 N–H and O–H groups in total. The van der Waals surface area contributed by atoms with Crippen LogP contribution in [0.2, 0.25) is 0 Å². The molecule has 1 aromatic carbocycles. The highest BCUT2D eigenvalue weighted by molar-refractivity contribution is 7.71. The number of nitrogens with zero attached hydrogens (tertiary/aromatic N) is 3. The third-order valence-electron chi connectivity index (χ3n) is 3.09. The maximum Gasteiger partial charge on any atom is 0.216 e. The fraction of sp³-hybridized carbons (Fsp3) is 0.308. The van der Waals surface area contributed by atoms with Crippen LogP contribution >= 0.6 is 12.2 Å². The molecule has 104 valence electrons. The van der Waals surface area contributed by atoms with E-state index in [2.05, 4.69) is 15.3 Å². The first-order valence-corrected chi connectivity index (χ1v) is 6.77. The van der Waals surface area contributed by atoms with Crippen LogP contribution in [0.5, 0.6) is 5.75 Å². The molecule has 2 aromatic rings. The number of aromatic hydroxyl groups is 1. The van der Waals surface area contributed by atoms with Gasteiger partial charge in [0, 0.05) is 6.61 Å². The Morgan fingerprint density at radius 3 is 3.20 bits per heavy atom. The predicted octanol–water partition coefficient (Wildman–Crippen LogP) is 2.38. The zero-order chi connectivity index (χ0) is 13.9. The molecule has 20 heavy (non-hydrogen) atoms. The van der Waals surface area contributed by atoms with Gasteiger partial charge < -0.3 is 9.84 Å². The highest BCUT2D eigenvalue weighted by Gasteiger charge is 2.23. The van der Waals surface area contributed by atoms with E-state index in [0.29, 0.717) is 10.6 Å². The van der Waals surface area contributed by atoms with E-state index in [1.165, 1.54) is 0 Å². The van der Waals surface area contributed by atoms with Crippen molar-refractivity contribution >= 4 is 18.4 Å². The number of nitrogens with one attached hydrogen (secondary N) is 1. The van der Waals surface area contributed by atoms with Crippen molar-refractivity contribution in [3.8, 4) is 5.75 Å². The van der Waals surface area contributed by atoms with Crippen LogP contribution in [0.4, 0.5) is 0 Å². The molecule has 1 atom stereocenters. The van der Waals surface area contributed by atoms with Gasteiger partial charge in [0.15, 0.2) is 5.82 Å². The SMILES string of the molecule is Oc1cccc(/C=N\n2c(C3CCCO3)n[nH]c2=S)c1. The van der Waals surface area contributed by atoms with E-state index in [1.807, 2.05) is 6.07 Å². The van der Waals surface area contributed by atoms with E-state index >= 15 is 0 Å². The molecule has 1 aliphatic heterocycles. The number of rotatable bonds is 3. The standard InChI is InChI=1S/C13H14N4O2S/c18-10-4-1-3-9(7-10)8-14-17-12(15-16-13(17)20)11-5-2-6-19-11/h1,3-4,7-8,11,18H,2,5-6H2,(H,16,20)/b14-8-. The van der Waals surface area contributed by atoms with Gasteiger partial charge >= 0.3 is 0 Å². The van der Waals surface area contributed by atoms with Gasteiger partial charge in [-0.2, -0.15) is 14.9 Å². The summed E-state index contributed by atoms with van der Waals surface area (Å²) in [6, 6.07) is 6.84. The summed E-state index contributed by atoms with van der Waals surface area (Å²) in [5.41, 5.74) is 0.784. The van der Waals surface area contributed by atoms with E-state index in [0.717, 1.165) is 25.0 Å². The molecule has 7 heteroatoms. The molecule has 1 unspecified atom stereocenters. The Labute approximate surface area is 120 Å². The number of benzene rings is 1. The van der Waals surface area contributed by atoms with Gasteiger partial charge in [0.05, 0.1) is 6.21 Å². The van der Waals surface area contributed by atoms with E-state index in [1.54, 1.807) is 29.1 Å². The summed E-state index contributed by atoms with van der Waals surface area (Å²) in [5.74, 6) is 0.882. The monoisotopic (exact) mass is 290 g/mol. The quantitative estimate of drug-likeness (QED) is 0.672. The molecule has 1 aromatic heterocycles. The minimum absolute atomic E-state index is 0.0655. The fourth-order valence-corrected chi connectivity index (χ4v) is 2.32. The molecule has 0 aliphatic carbocycles. The average Bonchev–Trinajstić information content (AvgIpc) is 3.06. The largest absolute Gasteiger partial charge is 0.508 e. The lowest BCUT2D eigenvalue weighted by molar-refractivity contribution is 0.102. The van der Waals surface area contributed by atoms with Crippen molar-refractivity contribution in [3.63, 3.8) is 0 Å². The Bertz CT molecular complexity index is 686. The number of phenolic OH excluding ortho intramolecular Hbond substituents is 1. The third-order valence-corrected chi connectivity index (χ3v) is 3.35. The van der Waals surface area contributed by atoms with E-state index < -0.39 is 0 Å². The second-order valence-electron chi connectivity index (χ2n) is 4.54. The molecule has 0 spiro atoms. The number of ether oxygens (including phenoxy) is 1. The summed E-state index contributed by atoms with van der Waals surface area (Å²) in [7, 11) is 0. The predicted molar refractivity (Wildman–Crippen MR) is 76.4 cm³/mol. The molecular formula is C13H14N4O2S. The van der Waals surface area contributed by atoms with Gasteiger partial charge in [-0.1, -0.05) is 12.1 Å². The van der Waals surface area contributed by atoms with Crippen LogP contribution in [-0.2, 0) is 4.74 Å². The lowest BCUT2D eigenvalue weighted by atomic mass is 10.2. The molecular weight excluding hydrogens is 276 g/mol. The first-order valence-electron chi connectivity index (χ1n) is 6.36. The summed E-state index contributed by atoms with van der Waals surface area (Å²) in [4.78, 5) is 0. The summed E-state index contributed by atoms with van der Waals surface area (Å²) < 4.78 is 7.59. The van der Waals surface area contributed by atoms with E-state index in [-0.39, 0.29) is 11.9 Å². The summed E-state index contributed by atoms with van der Waals surface area (Å²) in [6.07, 6.45) is 3.50. The third kappa shape index (κ3) is 2.63. The number of aromatic nitrogens is 3. The smallest absolute Gasteiger partial charge is 0.216 e. The lowest BCUT2D eigenvalue weighted by Crippen LogP contribution is -2.05. The minimum Gasteiger partial charge on any atom is -0.508 e. The van der Waals surface area contributed by atoms with Crippen molar-refractivity contribution in [2.75, 3.05) is 6.61 Å². The van der Waals surface area contributed by atoms with Crippen LogP contribution in [-0.4, -0.2) is 32.8 Å². The zero-order valence-electron chi connectivity index (χ0n) is 10.7. The number of H-pyrrole nitrogens is 1. The molecule has 2 heterocycles. The number of hydrogen-bond acceptors (Lipinski definition) is 5. The highest BCUT2D eigenvalue weighted by atomic mass is 32.1. The van der Waals surface area contributed by atoms with Crippen LogP contribution in [0.25, 0.3) is 0 Å². The zero-order valence-corrected chi connectivity index (χ0v) is 11.5. The van der Waals surface area contributed by atoms with Gasteiger partial charge in [-0.05, 0) is 42.8 Å². The first-order chi connectivity index (χ1) is 9.74. The fourth-order valence-electron chi connectivity index (χ4n) is 2.13. The molecule has 1 aliphatic rings. The van der Waals surface area contributed by atoms with Gasteiger partial charge in [0.25, 0.3) is 0 Å². The number of aromatic amines is 1. The minimum atomic E-state index is -0.0655. The summed E-state index contributed by atoms with van der Waals surface area (Å²) in [5, 5.41) is 20.7.